The zero-order valence-electron chi connectivity index (χ0n) is 15.5. The summed E-state index contributed by atoms with van der Waals surface area (Å²) >= 11 is 1.19. The number of carbonyl (C=O) groups excluding carboxylic acids is 2. The van der Waals surface area contributed by atoms with E-state index in [9.17, 15) is 13.8 Å². The summed E-state index contributed by atoms with van der Waals surface area (Å²) in [5.41, 5.74) is 0.203. The molecule has 0 aliphatic carbocycles. The van der Waals surface area contributed by atoms with E-state index in [1.165, 1.54) is 11.3 Å². The minimum Gasteiger partial charge on any atom is -0.444 e. The maximum Gasteiger partial charge on any atom is 0.408 e. The zero-order valence-corrected chi connectivity index (χ0v) is 17.1. The van der Waals surface area contributed by atoms with Gasteiger partial charge < -0.3 is 10.1 Å². The van der Waals surface area contributed by atoms with Crippen LogP contribution in [0.1, 0.15) is 46.6 Å². The molecule has 0 fully saturated rings. The third-order valence-corrected chi connectivity index (χ3v) is 5.91. The Kier molecular flexibility index (Phi) is 7.16. The molecule has 0 radical (unpaired) electrons. The van der Waals surface area contributed by atoms with Gasteiger partial charge in [-0.1, -0.05) is 13.8 Å². The lowest BCUT2D eigenvalue weighted by Crippen LogP contribution is -2.44. The highest BCUT2D eigenvalue weighted by Gasteiger charge is 2.26. The summed E-state index contributed by atoms with van der Waals surface area (Å²) in [4.78, 5) is 24.5. The Labute approximate surface area is 153 Å². The first-order chi connectivity index (χ1) is 11.3. The molecule has 0 saturated heterocycles. The highest BCUT2D eigenvalue weighted by Crippen LogP contribution is 2.20. The maximum atomic E-state index is 12.6. The molecule has 2 amide bonds. The predicted octanol–water partition coefficient (Wildman–Crippen LogP) is 3.22. The van der Waals surface area contributed by atoms with Crippen molar-refractivity contribution in [2.75, 3.05) is 0 Å². The van der Waals surface area contributed by atoms with Crippen molar-refractivity contribution in [2.24, 2.45) is 15.4 Å². The molecule has 0 aromatic carbocycles. The summed E-state index contributed by atoms with van der Waals surface area (Å²) in [7, 11) is -3.34. The number of hydrogen-bond acceptors (Lipinski definition) is 5. The second kappa shape index (κ2) is 8.29. The smallest absolute Gasteiger partial charge is 0.408 e. The van der Waals surface area contributed by atoms with Crippen molar-refractivity contribution in [3.05, 3.63) is 17.0 Å². The Morgan fingerprint density at radius 1 is 1.40 bits per heavy atom. The number of alkyl carbamates (subject to hydrolysis) is 1. The third kappa shape index (κ3) is 7.54. The molecule has 0 aliphatic rings. The fourth-order valence-electron chi connectivity index (χ4n) is 1.94. The van der Waals surface area contributed by atoms with Crippen molar-refractivity contribution < 1.29 is 18.5 Å². The molecule has 0 spiro atoms. The van der Waals surface area contributed by atoms with E-state index in [1.54, 1.807) is 32.2 Å². The highest BCUT2D eigenvalue weighted by atomic mass is 32.2. The first-order valence-corrected chi connectivity index (χ1v) is 10.4. The minimum atomic E-state index is -3.34. The normalized spacial score (nSPS) is 15.4. The van der Waals surface area contributed by atoms with Gasteiger partial charge in [0.05, 0.1) is 0 Å². The van der Waals surface area contributed by atoms with Crippen molar-refractivity contribution in [2.45, 2.75) is 63.8 Å². The molecule has 1 heterocycles. The van der Waals surface area contributed by atoms with Crippen LogP contribution in [0.15, 0.2) is 20.0 Å². The summed E-state index contributed by atoms with van der Waals surface area (Å²) in [6, 6.07) is 0.697. The zero-order chi connectivity index (χ0) is 19.4. The van der Waals surface area contributed by atoms with Crippen LogP contribution < -0.4 is 10.5 Å². The van der Waals surface area contributed by atoms with Crippen molar-refractivity contribution >= 4 is 33.3 Å². The molecule has 2 atom stereocenters. The van der Waals surface area contributed by atoms with Gasteiger partial charge in [0.25, 0.3) is 5.91 Å². The number of nitrogens with zero attached hydrogens (tertiary/aromatic N) is 1. The molecule has 25 heavy (non-hydrogen) atoms. The largest absolute Gasteiger partial charge is 0.444 e. The average Bonchev–Trinajstić information content (AvgIpc) is 2.82. The van der Waals surface area contributed by atoms with Crippen LogP contribution in [0.25, 0.3) is 0 Å². The first kappa shape index (κ1) is 21.6. The predicted molar refractivity (Wildman–Crippen MR) is 99.7 cm³/mol. The van der Waals surface area contributed by atoms with Gasteiger partial charge in [0.2, 0.25) is 0 Å². The standard InChI is InChI=1S/C16H27N3O4S2/c1-10(2)7-12(18-15(21)23-16(4,5)6)14(20)19-25(17,22)13-8-11(3)9-24-13/h8-10,12H,7H2,1-6H3,(H,18,21)(H2,17,19,20,22)/t12-,25?/m0/s1. The van der Waals surface area contributed by atoms with Crippen molar-refractivity contribution in [1.82, 2.24) is 5.32 Å². The van der Waals surface area contributed by atoms with Crippen LogP contribution >= 0.6 is 11.3 Å². The van der Waals surface area contributed by atoms with Gasteiger partial charge in [-0.15, -0.1) is 15.7 Å². The second-order valence-electron chi connectivity index (χ2n) is 7.27. The van der Waals surface area contributed by atoms with Crippen LogP contribution in [0.3, 0.4) is 0 Å². The van der Waals surface area contributed by atoms with E-state index in [2.05, 4.69) is 9.68 Å². The van der Waals surface area contributed by atoms with Gasteiger partial charge in [-0.25, -0.2) is 14.1 Å². The lowest BCUT2D eigenvalue weighted by atomic mass is 10.0. The average molecular weight is 390 g/mol. The summed E-state index contributed by atoms with van der Waals surface area (Å²) in [6.45, 7) is 10.8. The van der Waals surface area contributed by atoms with Crippen molar-refractivity contribution in [3.63, 3.8) is 0 Å². The summed E-state index contributed by atoms with van der Waals surface area (Å²) in [5, 5.41) is 10.0. The number of carbonyl (C=O) groups is 2. The second-order valence-corrected chi connectivity index (χ2v) is 10.2. The lowest BCUT2D eigenvalue weighted by molar-refractivity contribution is -0.120. The SMILES string of the molecule is Cc1csc(S(N)(=O)=NC(=O)[C@H](CC(C)C)NC(=O)OC(C)(C)C)c1. The number of nitrogens with one attached hydrogen (secondary N) is 1. The monoisotopic (exact) mass is 389 g/mol. The van der Waals surface area contributed by atoms with Gasteiger partial charge in [0.1, 0.15) is 15.9 Å². The minimum absolute atomic E-state index is 0.108. The number of thiophene rings is 1. The Bertz CT molecular complexity index is 741. The van der Waals surface area contributed by atoms with Crippen molar-refractivity contribution in [3.8, 4) is 0 Å². The van der Waals surface area contributed by atoms with Crippen LogP contribution in [0.5, 0.6) is 0 Å². The van der Waals surface area contributed by atoms with Crippen LogP contribution in [0.2, 0.25) is 0 Å². The van der Waals surface area contributed by atoms with Crippen LogP contribution in [-0.4, -0.2) is 27.9 Å². The molecule has 9 heteroatoms. The van der Waals surface area contributed by atoms with E-state index in [0.29, 0.717) is 10.6 Å². The van der Waals surface area contributed by atoms with E-state index in [1.807, 2.05) is 20.8 Å². The fraction of sp³-hybridized carbons (Fsp3) is 0.625. The van der Waals surface area contributed by atoms with Gasteiger partial charge in [-0.05, 0) is 57.0 Å². The van der Waals surface area contributed by atoms with E-state index in [-0.39, 0.29) is 5.92 Å². The molecule has 1 aromatic heterocycles. The van der Waals surface area contributed by atoms with E-state index < -0.39 is 33.6 Å². The third-order valence-electron chi connectivity index (χ3n) is 2.92. The number of aryl methyl sites for hydroxylation is 1. The number of hydrogen-bond donors (Lipinski definition) is 2. The number of ether oxygens (including phenoxy) is 1. The molecule has 1 unspecified atom stereocenters. The molecule has 0 aliphatic heterocycles. The molecule has 142 valence electrons. The molecule has 7 nitrogen and oxygen atoms in total. The quantitative estimate of drug-likeness (QED) is 0.805. The van der Waals surface area contributed by atoms with E-state index in [0.717, 1.165) is 5.56 Å². The molecule has 1 aromatic rings. The summed E-state index contributed by atoms with van der Waals surface area (Å²) in [5.74, 6) is -0.616. The first-order valence-electron chi connectivity index (χ1n) is 7.93. The Morgan fingerprint density at radius 3 is 2.44 bits per heavy atom. The van der Waals surface area contributed by atoms with E-state index >= 15 is 0 Å². The number of nitrogens with two attached hydrogens (primary N) is 1. The van der Waals surface area contributed by atoms with Crippen molar-refractivity contribution in [1.29, 1.82) is 0 Å². The van der Waals surface area contributed by atoms with Crippen LogP contribution in [0, 0.1) is 12.8 Å². The highest BCUT2D eigenvalue weighted by molar-refractivity contribution is 7.93. The van der Waals surface area contributed by atoms with Crippen LogP contribution in [-0.2, 0) is 19.4 Å². The summed E-state index contributed by atoms with van der Waals surface area (Å²) < 4.78 is 21.8. The lowest BCUT2D eigenvalue weighted by Gasteiger charge is -2.23. The van der Waals surface area contributed by atoms with Gasteiger partial charge in [-0.2, -0.15) is 0 Å². The topological polar surface area (TPSA) is 111 Å². The fourth-order valence-corrected chi connectivity index (χ4v) is 4.21. The molecule has 1 rings (SSSR count). The van der Waals surface area contributed by atoms with Gasteiger partial charge in [-0.3, -0.25) is 4.79 Å². The number of amides is 2. The van der Waals surface area contributed by atoms with Crippen LogP contribution in [0.4, 0.5) is 4.79 Å². The Hall–Kier alpha value is -1.45. The molecule has 0 saturated carbocycles. The molecule has 0 bridgehead atoms. The molecular weight excluding hydrogens is 362 g/mol. The number of rotatable bonds is 5. The van der Waals surface area contributed by atoms with Gasteiger partial charge >= 0.3 is 6.09 Å². The summed E-state index contributed by atoms with van der Waals surface area (Å²) in [6.07, 6.45) is -0.391. The molecular formula is C16H27N3O4S2. The van der Waals surface area contributed by atoms with Gasteiger partial charge in [0, 0.05) is 0 Å². The Balaban J connectivity index is 3.02. The maximum absolute atomic E-state index is 12.6. The van der Waals surface area contributed by atoms with Gasteiger partial charge in [0.15, 0.2) is 9.92 Å². The van der Waals surface area contributed by atoms with E-state index in [4.69, 9.17) is 9.88 Å². The molecule has 3 N–H and O–H groups in total. The Morgan fingerprint density at radius 2 is 2.00 bits per heavy atom.